The molecule has 0 aromatic carbocycles. The first kappa shape index (κ1) is 54.3. The van der Waals surface area contributed by atoms with Gasteiger partial charge in [-0.25, -0.2) is 0 Å². The summed E-state index contributed by atoms with van der Waals surface area (Å²) in [7, 11) is 0. The number of nitrogens with zero attached hydrogens (tertiary/aromatic N) is 3. The van der Waals surface area contributed by atoms with Crippen LogP contribution < -0.4 is 0 Å². The van der Waals surface area contributed by atoms with Gasteiger partial charge in [-0.2, -0.15) is 0 Å². The summed E-state index contributed by atoms with van der Waals surface area (Å²) in [5.74, 6) is -0.183. The van der Waals surface area contributed by atoms with E-state index in [0.717, 1.165) is 136 Å². The van der Waals surface area contributed by atoms with Gasteiger partial charge in [0.15, 0.2) is 0 Å². The van der Waals surface area contributed by atoms with E-state index in [1.807, 2.05) is 0 Å². The van der Waals surface area contributed by atoms with Crippen molar-refractivity contribution in [3.63, 3.8) is 0 Å². The zero-order valence-corrected chi connectivity index (χ0v) is 39.2. The first-order valence-electron chi connectivity index (χ1n) is 25.0. The molecule has 0 aromatic heterocycles. The Hall–Kier alpha value is -1.71. The van der Waals surface area contributed by atoms with Crippen molar-refractivity contribution < 1.29 is 28.6 Å². The van der Waals surface area contributed by atoms with E-state index in [2.05, 4.69) is 56.2 Å². The molecular weight excluding hydrogens is 727 g/mol. The van der Waals surface area contributed by atoms with Crippen LogP contribution in [0.2, 0.25) is 0 Å². The number of carbonyl (C=O) groups excluding carboxylic acids is 3. The lowest BCUT2D eigenvalue weighted by Crippen LogP contribution is -2.49. The predicted octanol–water partition coefficient (Wildman–Crippen LogP) is 11.5. The summed E-state index contributed by atoms with van der Waals surface area (Å²) in [4.78, 5) is 46.6. The van der Waals surface area contributed by atoms with Crippen molar-refractivity contribution in [1.82, 2.24) is 14.7 Å². The minimum absolute atomic E-state index is 0.00556. The molecule has 0 amide bonds. The van der Waals surface area contributed by atoms with E-state index in [0.29, 0.717) is 32.5 Å². The van der Waals surface area contributed by atoms with Gasteiger partial charge in [0.1, 0.15) is 18.8 Å². The highest BCUT2D eigenvalue weighted by Crippen LogP contribution is 2.21. The molecular formula is C49H95N3O6. The van der Waals surface area contributed by atoms with Gasteiger partial charge in [-0.1, -0.05) is 151 Å². The van der Waals surface area contributed by atoms with Gasteiger partial charge in [-0.05, 0) is 51.4 Å². The lowest BCUT2D eigenvalue weighted by atomic mass is 9.95. The fourth-order valence-electron chi connectivity index (χ4n) is 8.06. The van der Waals surface area contributed by atoms with Gasteiger partial charge >= 0.3 is 17.9 Å². The number of carbonyl (C=O) groups is 3. The van der Waals surface area contributed by atoms with Gasteiger partial charge in [0.2, 0.25) is 0 Å². The van der Waals surface area contributed by atoms with E-state index >= 15 is 0 Å². The number of rotatable bonds is 40. The monoisotopic (exact) mass is 822 g/mol. The number of hydrogen-bond acceptors (Lipinski definition) is 9. The van der Waals surface area contributed by atoms with Crippen molar-refractivity contribution >= 4 is 17.9 Å². The van der Waals surface area contributed by atoms with Gasteiger partial charge < -0.3 is 19.1 Å². The van der Waals surface area contributed by atoms with Crippen LogP contribution in [0, 0.1) is 5.92 Å². The molecule has 0 spiro atoms. The Morgan fingerprint density at radius 2 is 0.845 bits per heavy atom. The molecule has 1 rings (SSSR count). The second-order valence-corrected chi connectivity index (χ2v) is 17.4. The number of ether oxygens (including phenoxy) is 3. The van der Waals surface area contributed by atoms with Crippen molar-refractivity contribution in [2.24, 2.45) is 5.92 Å². The first-order valence-corrected chi connectivity index (χ1v) is 25.0. The van der Waals surface area contributed by atoms with Gasteiger partial charge in [0.05, 0.1) is 18.8 Å². The zero-order valence-electron chi connectivity index (χ0n) is 39.2. The van der Waals surface area contributed by atoms with Crippen LogP contribution in [0.1, 0.15) is 215 Å². The van der Waals surface area contributed by atoms with Gasteiger partial charge in [-0.3, -0.25) is 24.2 Å². The molecule has 1 fully saturated rings. The predicted molar refractivity (Wildman–Crippen MR) is 242 cm³/mol. The average Bonchev–Trinajstić information content (AvgIpc) is 3.22. The fourth-order valence-corrected chi connectivity index (χ4v) is 8.06. The van der Waals surface area contributed by atoms with E-state index in [1.165, 1.54) is 70.6 Å². The summed E-state index contributed by atoms with van der Waals surface area (Å²) in [6.45, 7) is 21.2. The molecule has 0 N–H and O–H groups in total. The van der Waals surface area contributed by atoms with E-state index in [-0.39, 0.29) is 36.0 Å². The van der Waals surface area contributed by atoms with Crippen molar-refractivity contribution in [2.45, 2.75) is 227 Å². The molecule has 0 saturated carbocycles. The van der Waals surface area contributed by atoms with E-state index in [1.54, 1.807) is 0 Å². The third-order valence-electron chi connectivity index (χ3n) is 12.1. The SMILES string of the molecule is CCCCCCC(CCCC)OC(=O)CCN(CCC(=O)OC(CCCC)CCCCCC)CCN1CCN(CCOC(=O)C(CCCCC)CCCCCC)CC1. The molecule has 1 heterocycles. The molecule has 9 nitrogen and oxygen atoms in total. The van der Waals surface area contributed by atoms with Gasteiger partial charge in [0.25, 0.3) is 0 Å². The maximum atomic E-state index is 13.2. The third kappa shape index (κ3) is 29.5. The summed E-state index contributed by atoms with van der Waals surface area (Å²) in [6.07, 6.45) is 28.4. The van der Waals surface area contributed by atoms with Crippen LogP contribution in [0.3, 0.4) is 0 Å². The zero-order chi connectivity index (χ0) is 42.5. The maximum absolute atomic E-state index is 13.2. The highest BCUT2D eigenvalue weighted by Gasteiger charge is 2.23. The Morgan fingerprint density at radius 3 is 1.29 bits per heavy atom. The first-order chi connectivity index (χ1) is 28.3. The molecule has 1 aliphatic rings. The Morgan fingerprint density at radius 1 is 0.466 bits per heavy atom. The number of piperazine rings is 1. The van der Waals surface area contributed by atoms with Crippen molar-refractivity contribution in [1.29, 1.82) is 0 Å². The number of esters is 3. The quantitative estimate of drug-likeness (QED) is 0.0340. The third-order valence-corrected chi connectivity index (χ3v) is 12.1. The normalized spacial score (nSPS) is 15.4. The highest BCUT2D eigenvalue weighted by atomic mass is 16.5. The van der Waals surface area contributed by atoms with Gasteiger partial charge in [0, 0.05) is 58.9 Å². The summed E-state index contributed by atoms with van der Waals surface area (Å²) in [5.41, 5.74) is 0. The topological polar surface area (TPSA) is 88.6 Å². The number of unbranched alkanes of at least 4 members (excludes halogenated alkanes) is 13. The molecule has 9 heteroatoms. The maximum Gasteiger partial charge on any atom is 0.308 e. The Bertz CT molecular complexity index is 932. The minimum Gasteiger partial charge on any atom is -0.464 e. The Labute approximate surface area is 358 Å². The second kappa shape index (κ2) is 38.2. The minimum atomic E-state index is -0.117. The van der Waals surface area contributed by atoms with Crippen LogP contribution in [-0.4, -0.2) is 110 Å². The van der Waals surface area contributed by atoms with Crippen molar-refractivity contribution in [3.05, 3.63) is 0 Å². The van der Waals surface area contributed by atoms with E-state index < -0.39 is 0 Å². The molecule has 0 radical (unpaired) electrons. The summed E-state index contributed by atoms with van der Waals surface area (Å²) >= 11 is 0. The highest BCUT2D eigenvalue weighted by molar-refractivity contribution is 5.72. The van der Waals surface area contributed by atoms with Crippen LogP contribution >= 0.6 is 0 Å². The molecule has 0 bridgehead atoms. The fraction of sp³-hybridized carbons (Fsp3) is 0.939. The number of hydrogen-bond donors (Lipinski definition) is 0. The molecule has 3 unspecified atom stereocenters. The molecule has 342 valence electrons. The van der Waals surface area contributed by atoms with Crippen molar-refractivity contribution in [3.8, 4) is 0 Å². The van der Waals surface area contributed by atoms with Crippen molar-refractivity contribution in [2.75, 3.05) is 65.5 Å². The summed E-state index contributed by atoms with van der Waals surface area (Å²) in [5, 5.41) is 0. The Balaban J connectivity index is 2.72. The lowest BCUT2D eigenvalue weighted by molar-refractivity contribution is -0.151. The molecule has 1 aliphatic heterocycles. The van der Waals surface area contributed by atoms with Gasteiger partial charge in [-0.15, -0.1) is 0 Å². The van der Waals surface area contributed by atoms with E-state index in [4.69, 9.17) is 14.2 Å². The standard InChI is InChI=1S/C49H95N3O6/c1-7-13-19-23-27-44(26-22-16-10-4)49(55)56-43-42-52-40-38-51(39-41-52)37-36-50(34-32-47(53)57-45(28-17-11-5)30-24-20-14-8-2)35-33-48(54)58-46(29-18-12-6)31-25-21-15-9-3/h44-46H,7-43H2,1-6H3. The van der Waals surface area contributed by atoms with Crippen LogP contribution in [0.25, 0.3) is 0 Å². The molecule has 1 saturated heterocycles. The van der Waals surface area contributed by atoms with Crippen LogP contribution in [0.15, 0.2) is 0 Å². The van der Waals surface area contributed by atoms with Crippen LogP contribution in [-0.2, 0) is 28.6 Å². The van der Waals surface area contributed by atoms with Crippen LogP contribution in [0.5, 0.6) is 0 Å². The lowest BCUT2D eigenvalue weighted by Gasteiger charge is -2.35. The summed E-state index contributed by atoms with van der Waals surface area (Å²) in [6, 6.07) is 0. The molecule has 58 heavy (non-hydrogen) atoms. The smallest absolute Gasteiger partial charge is 0.308 e. The van der Waals surface area contributed by atoms with E-state index in [9.17, 15) is 14.4 Å². The molecule has 0 aliphatic carbocycles. The molecule has 3 atom stereocenters. The molecule has 0 aromatic rings. The van der Waals surface area contributed by atoms with Crippen LogP contribution in [0.4, 0.5) is 0 Å². The second-order valence-electron chi connectivity index (χ2n) is 17.4. The average molecular weight is 822 g/mol. The Kier molecular flexibility index (Phi) is 35.8. The summed E-state index contributed by atoms with van der Waals surface area (Å²) < 4.78 is 18.0. The largest absolute Gasteiger partial charge is 0.464 e.